The van der Waals surface area contributed by atoms with E-state index in [4.69, 9.17) is 9.56 Å². The number of furan rings is 1. The molecule has 1 heterocycles. The fraction of sp³-hybridized carbons (Fsp3) is 0.500. The number of urea groups is 1. The van der Waals surface area contributed by atoms with Crippen LogP contribution in [-0.2, 0) is 34.8 Å². The smallest absolute Gasteiger partial charge is 0.354 e. The number of carbonyl (C=O) groups excluding carboxylic acids is 1. The van der Waals surface area contributed by atoms with Crippen LogP contribution in [0, 0.1) is 6.92 Å². The van der Waals surface area contributed by atoms with E-state index in [2.05, 4.69) is 22.7 Å². The van der Waals surface area contributed by atoms with Crippen molar-refractivity contribution < 1.29 is 18.5 Å². The Labute approximate surface area is 177 Å². The lowest BCUT2D eigenvalue weighted by molar-refractivity contribution is 0.0769. The topological polar surface area (TPSA) is 118 Å². The van der Waals surface area contributed by atoms with Crippen LogP contribution >= 0.6 is 0 Å². The number of rotatable bonds is 3. The van der Waals surface area contributed by atoms with Crippen LogP contribution in [-0.4, -0.2) is 15.3 Å². The quantitative estimate of drug-likeness (QED) is 0.672. The Kier molecular flexibility index (Phi) is 5.07. The lowest BCUT2D eigenvalue weighted by atomic mass is 9.95. The van der Waals surface area contributed by atoms with Gasteiger partial charge in [-0.05, 0) is 81.0 Å². The molecule has 0 radical (unpaired) electrons. The van der Waals surface area contributed by atoms with Crippen LogP contribution in [0.1, 0.15) is 73.1 Å². The molecule has 8 heteroatoms. The zero-order valence-corrected chi connectivity index (χ0v) is 18.7. The molecule has 4 N–H and O–H groups in total. The number of hydrogen-bond donors (Lipinski definition) is 3. The van der Waals surface area contributed by atoms with Crippen LogP contribution in [0.4, 0.5) is 10.5 Å². The molecule has 0 saturated heterocycles. The van der Waals surface area contributed by atoms with Gasteiger partial charge in [0, 0.05) is 17.3 Å². The fourth-order valence-corrected chi connectivity index (χ4v) is 5.67. The molecule has 2 amide bonds. The highest BCUT2D eigenvalue weighted by Crippen LogP contribution is 2.44. The van der Waals surface area contributed by atoms with Crippen molar-refractivity contribution in [3.05, 3.63) is 45.7 Å². The normalized spacial score (nSPS) is 19.9. The SMILES string of the molecule is Cc1oc(S(N)(=O)=NC(=O)Nc2c3c(cc4c2[C@@H](C)CC4)CCC3)cc1C(C)(C)O. The van der Waals surface area contributed by atoms with E-state index < -0.39 is 21.5 Å². The summed E-state index contributed by atoms with van der Waals surface area (Å²) in [6.07, 6.45) is 5.04. The largest absolute Gasteiger partial charge is 0.450 e. The predicted molar refractivity (Wildman–Crippen MR) is 116 cm³/mol. The first-order valence-electron chi connectivity index (χ1n) is 10.3. The van der Waals surface area contributed by atoms with E-state index in [1.807, 2.05) is 0 Å². The average molecular weight is 432 g/mol. The van der Waals surface area contributed by atoms with Gasteiger partial charge in [0.1, 0.15) is 5.76 Å². The second-order valence-corrected chi connectivity index (χ2v) is 10.7. The van der Waals surface area contributed by atoms with Gasteiger partial charge in [0.2, 0.25) is 5.09 Å². The Hall–Kier alpha value is -2.16. The zero-order chi connectivity index (χ0) is 21.8. The van der Waals surface area contributed by atoms with E-state index in [0.29, 0.717) is 17.2 Å². The van der Waals surface area contributed by atoms with Crippen LogP contribution in [0.25, 0.3) is 0 Å². The molecular formula is C22H29N3O4S. The summed E-state index contributed by atoms with van der Waals surface area (Å²) < 4.78 is 22.2. The van der Waals surface area contributed by atoms with E-state index in [1.165, 1.54) is 22.8 Å². The number of aryl methyl sites for hydroxylation is 3. The summed E-state index contributed by atoms with van der Waals surface area (Å²) in [5.41, 5.74) is 4.98. The number of anilines is 1. The molecule has 2 aromatic rings. The number of carbonyl (C=O) groups is 1. The molecule has 1 unspecified atom stereocenters. The third-order valence-electron chi connectivity index (χ3n) is 6.16. The van der Waals surface area contributed by atoms with Gasteiger partial charge in [-0.3, -0.25) is 0 Å². The molecule has 1 aromatic heterocycles. The van der Waals surface area contributed by atoms with Crippen molar-refractivity contribution in [2.24, 2.45) is 9.50 Å². The van der Waals surface area contributed by atoms with Gasteiger partial charge < -0.3 is 14.8 Å². The second kappa shape index (κ2) is 7.21. The minimum Gasteiger partial charge on any atom is -0.450 e. The van der Waals surface area contributed by atoms with Crippen LogP contribution in [0.5, 0.6) is 0 Å². The molecule has 0 saturated carbocycles. The van der Waals surface area contributed by atoms with E-state index in [0.717, 1.165) is 43.4 Å². The molecule has 2 aliphatic rings. The van der Waals surface area contributed by atoms with Crippen molar-refractivity contribution in [2.45, 2.75) is 76.4 Å². The highest BCUT2D eigenvalue weighted by atomic mass is 32.2. The summed E-state index contributed by atoms with van der Waals surface area (Å²) in [6.45, 7) is 6.99. The predicted octanol–water partition coefficient (Wildman–Crippen LogP) is 4.29. The van der Waals surface area contributed by atoms with Gasteiger partial charge in [-0.25, -0.2) is 14.1 Å². The van der Waals surface area contributed by atoms with Gasteiger partial charge in [-0.1, -0.05) is 13.0 Å². The maximum atomic E-state index is 13.0. The number of nitrogens with one attached hydrogen (secondary N) is 1. The Balaban J connectivity index is 1.69. The molecule has 0 spiro atoms. The maximum absolute atomic E-state index is 13.0. The summed E-state index contributed by atoms with van der Waals surface area (Å²) in [5, 5.41) is 18.9. The van der Waals surface area contributed by atoms with Crippen molar-refractivity contribution in [2.75, 3.05) is 5.32 Å². The van der Waals surface area contributed by atoms with Gasteiger partial charge in [0.05, 0.1) is 5.60 Å². The zero-order valence-electron chi connectivity index (χ0n) is 17.9. The number of hydrogen-bond acceptors (Lipinski definition) is 4. The number of nitrogens with two attached hydrogens (primary N) is 1. The van der Waals surface area contributed by atoms with Crippen LogP contribution < -0.4 is 10.5 Å². The lowest BCUT2D eigenvalue weighted by Gasteiger charge is -2.17. The monoisotopic (exact) mass is 431 g/mol. The van der Waals surface area contributed by atoms with E-state index >= 15 is 0 Å². The Morgan fingerprint density at radius 2 is 2.03 bits per heavy atom. The maximum Gasteiger partial charge on any atom is 0.354 e. The van der Waals surface area contributed by atoms with Gasteiger partial charge in [0.25, 0.3) is 0 Å². The van der Waals surface area contributed by atoms with Gasteiger partial charge in [-0.2, -0.15) is 0 Å². The summed E-state index contributed by atoms with van der Waals surface area (Å²) in [4.78, 5) is 12.8. The number of fused-ring (bicyclic) bond motifs is 2. The van der Waals surface area contributed by atoms with E-state index in [1.54, 1.807) is 20.8 Å². The standard InChI is InChI=1S/C22H29N3O4S/c1-12-8-9-15-10-14-6-5-7-16(14)20(19(12)15)24-21(26)25-30(23,28)18-11-17(13(2)29-18)22(3,4)27/h10-12,27H,5-9H2,1-4H3,(H3,23,24,25,26,28)/t12-,30?/m0/s1. The molecule has 2 aliphatic carbocycles. The Morgan fingerprint density at radius 1 is 1.30 bits per heavy atom. The Morgan fingerprint density at radius 3 is 2.70 bits per heavy atom. The van der Waals surface area contributed by atoms with Crippen LogP contribution in [0.3, 0.4) is 0 Å². The van der Waals surface area contributed by atoms with Gasteiger partial charge in [-0.15, -0.1) is 4.36 Å². The van der Waals surface area contributed by atoms with Crippen molar-refractivity contribution in [1.82, 2.24) is 0 Å². The molecule has 2 atom stereocenters. The minimum absolute atomic E-state index is 0.121. The molecule has 0 fully saturated rings. The van der Waals surface area contributed by atoms with Crippen LogP contribution in [0.2, 0.25) is 0 Å². The minimum atomic E-state index is -3.60. The molecule has 4 rings (SSSR count). The van der Waals surface area contributed by atoms with Crippen LogP contribution in [0.15, 0.2) is 26.0 Å². The van der Waals surface area contributed by atoms with E-state index in [-0.39, 0.29) is 5.09 Å². The molecule has 0 aliphatic heterocycles. The number of nitrogens with zero attached hydrogens (tertiary/aromatic N) is 1. The third-order valence-corrected chi connectivity index (χ3v) is 7.37. The van der Waals surface area contributed by atoms with Gasteiger partial charge >= 0.3 is 6.03 Å². The first-order valence-corrected chi connectivity index (χ1v) is 11.9. The number of amides is 2. The van der Waals surface area contributed by atoms with Crippen molar-refractivity contribution in [3.63, 3.8) is 0 Å². The summed E-state index contributed by atoms with van der Waals surface area (Å²) >= 11 is 0. The van der Waals surface area contributed by atoms with Crippen molar-refractivity contribution in [1.29, 1.82) is 0 Å². The summed E-state index contributed by atoms with van der Waals surface area (Å²) in [5.74, 6) is 0.740. The molecule has 0 bridgehead atoms. The molecule has 30 heavy (non-hydrogen) atoms. The molecule has 162 valence electrons. The number of aliphatic hydroxyl groups is 1. The number of benzene rings is 1. The summed E-state index contributed by atoms with van der Waals surface area (Å²) in [6, 6.07) is 2.95. The second-order valence-electron chi connectivity index (χ2n) is 8.94. The molecular weight excluding hydrogens is 402 g/mol. The van der Waals surface area contributed by atoms with E-state index in [9.17, 15) is 14.1 Å². The Bertz CT molecular complexity index is 1150. The molecule has 1 aromatic carbocycles. The molecule has 7 nitrogen and oxygen atoms in total. The fourth-order valence-electron chi connectivity index (χ4n) is 4.76. The third kappa shape index (κ3) is 3.68. The van der Waals surface area contributed by atoms with Gasteiger partial charge in [0.15, 0.2) is 9.92 Å². The average Bonchev–Trinajstić information content (AvgIpc) is 3.32. The first kappa shape index (κ1) is 21.1. The first-order chi connectivity index (χ1) is 14.0. The van der Waals surface area contributed by atoms with Crippen molar-refractivity contribution in [3.8, 4) is 0 Å². The van der Waals surface area contributed by atoms with Crippen molar-refractivity contribution >= 4 is 21.6 Å². The summed E-state index contributed by atoms with van der Waals surface area (Å²) in [7, 11) is -3.60. The highest BCUT2D eigenvalue weighted by Gasteiger charge is 2.30. The highest BCUT2D eigenvalue weighted by molar-refractivity contribution is 7.91. The lowest BCUT2D eigenvalue weighted by Crippen LogP contribution is -2.19.